The zero-order chi connectivity index (χ0) is 13.1. The van der Waals surface area contributed by atoms with E-state index >= 15 is 0 Å². The van der Waals surface area contributed by atoms with Crippen LogP contribution in [-0.4, -0.2) is 32.9 Å². The van der Waals surface area contributed by atoms with E-state index in [0.717, 1.165) is 0 Å². The number of H-pyrrole nitrogens is 2. The Bertz CT molecular complexity index is 471. The molecule has 0 fully saturated rings. The Morgan fingerprint density at radius 2 is 2.06 bits per heavy atom. The molecule has 1 atom stereocenters. The van der Waals surface area contributed by atoms with Crippen molar-refractivity contribution in [2.24, 2.45) is 5.41 Å². The van der Waals surface area contributed by atoms with Gasteiger partial charge in [-0.2, -0.15) is 0 Å². The van der Waals surface area contributed by atoms with E-state index in [9.17, 15) is 9.59 Å². The summed E-state index contributed by atoms with van der Waals surface area (Å²) in [5.74, 6) is 0.0537. The highest BCUT2D eigenvalue weighted by Crippen LogP contribution is 2.23. The summed E-state index contributed by atoms with van der Waals surface area (Å²) in [6.07, 6.45) is 0.490. The molecule has 1 aromatic heterocycles. The second-order valence-corrected chi connectivity index (χ2v) is 4.93. The molecule has 1 rings (SSSR count). The molecule has 0 aliphatic heterocycles. The molecule has 0 saturated heterocycles. The predicted octanol–water partition coefficient (Wildman–Crippen LogP) is -0.333. The van der Waals surface area contributed by atoms with Crippen LogP contribution in [0.15, 0.2) is 9.59 Å². The summed E-state index contributed by atoms with van der Waals surface area (Å²) in [5, 5.41) is 17.7. The smallest absolute Gasteiger partial charge is 0.342 e. The fourth-order valence-corrected chi connectivity index (χ4v) is 1.46. The van der Waals surface area contributed by atoms with Crippen molar-refractivity contribution in [1.82, 2.24) is 15.2 Å². The second kappa shape index (κ2) is 5.13. The van der Waals surface area contributed by atoms with Crippen molar-refractivity contribution in [2.75, 3.05) is 11.9 Å². The largest absolute Gasteiger partial charge is 0.396 e. The van der Waals surface area contributed by atoms with E-state index in [4.69, 9.17) is 5.11 Å². The van der Waals surface area contributed by atoms with E-state index in [1.165, 1.54) is 0 Å². The zero-order valence-electron chi connectivity index (χ0n) is 10.2. The quantitative estimate of drug-likeness (QED) is 0.577. The molecule has 0 aromatic carbocycles. The predicted molar refractivity (Wildman–Crippen MR) is 64.0 cm³/mol. The van der Waals surface area contributed by atoms with E-state index in [-0.39, 0.29) is 23.9 Å². The first-order valence-electron chi connectivity index (χ1n) is 5.41. The van der Waals surface area contributed by atoms with E-state index in [1.54, 1.807) is 0 Å². The third-order valence-corrected chi connectivity index (χ3v) is 2.49. The van der Waals surface area contributed by atoms with Gasteiger partial charge in [0.2, 0.25) is 5.82 Å². The van der Waals surface area contributed by atoms with Crippen LogP contribution in [-0.2, 0) is 0 Å². The highest BCUT2D eigenvalue weighted by molar-refractivity contribution is 5.31. The van der Waals surface area contributed by atoms with Gasteiger partial charge in [-0.05, 0) is 11.8 Å². The molecule has 0 aliphatic rings. The van der Waals surface area contributed by atoms with Crippen LogP contribution in [0.5, 0.6) is 0 Å². The lowest BCUT2D eigenvalue weighted by atomic mass is 9.85. The van der Waals surface area contributed by atoms with Gasteiger partial charge in [0.15, 0.2) is 0 Å². The number of aliphatic hydroxyl groups is 1. The molecule has 7 nitrogen and oxygen atoms in total. The maximum absolute atomic E-state index is 11.4. The second-order valence-electron chi connectivity index (χ2n) is 4.93. The van der Waals surface area contributed by atoms with Crippen molar-refractivity contribution >= 4 is 5.82 Å². The lowest BCUT2D eigenvalue weighted by Crippen LogP contribution is -2.38. The Balaban J connectivity index is 2.94. The van der Waals surface area contributed by atoms with Gasteiger partial charge in [0.25, 0.3) is 5.56 Å². The first-order chi connectivity index (χ1) is 7.84. The molecular weight excluding hydrogens is 224 g/mol. The standard InChI is InChI=1S/C10H18N4O3/c1-10(2,3)6(4-5-15)11-7-8(16)12-9(17)14-13-7/h6,15H,4-5H2,1-3H3,(H,11,13)(H2,12,14,16,17). The van der Waals surface area contributed by atoms with Crippen LogP contribution in [0.25, 0.3) is 0 Å². The molecule has 0 saturated carbocycles. The number of nitrogens with zero attached hydrogens (tertiary/aromatic N) is 1. The third kappa shape index (κ3) is 3.70. The summed E-state index contributed by atoms with van der Waals surface area (Å²) in [6.45, 7) is 5.97. The summed E-state index contributed by atoms with van der Waals surface area (Å²) in [5.41, 5.74) is -1.36. The SMILES string of the molecule is CC(C)(C)C(CCO)Nc1n[nH]c(=O)[nH]c1=O. The maximum Gasteiger partial charge on any atom is 0.342 e. The molecule has 0 spiro atoms. The average molecular weight is 242 g/mol. The van der Waals surface area contributed by atoms with Crippen LogP contribution < -0.4 is 16.6 Å². The highest BCUT2D eigenvalue weighted by atomic mass is 16.3. The molecule has 7 heteroatoms. The monoisotopic (exact) mass is 242 g/mol. The first-order valence-corrected chi connectivity index (χ1v) is 5.41. The van der Waals surface area contributed by atoms with Crippen LogP contribution in [0.2, 0.25) is 0 Å². The molecule has 0 bridgehead atoms. The van der Waals surface area contributed by atoms with Gasteiger partial charge in [0, 0.05) is 12.6 Å². The van der Waals surface area contributed by atoms with Crippen LogP contribution >= 0.6 is 0 Å². The van der Waals surface area contributed by atoms with Crippen molar-refractivity contribution in [3.63, 3.8) is 0 Å². The van der Waals surface area contributed by atoms with Crippen LogP contribution in [0.3, 0.4) is 0 Å². The Hall–Kier alpha value is -1.63. The van der Waals surface area contributed by atoms with Crippen molar-refractivity contribution in [1.29, 1.82) is 0 Å². The van der Waals surface area contributed by atoms with E-state index in [0.29, 0.717) is 6.42 Å². The summed E-state index contributed by atoms with van der Waals surface area (Å²) < 4.78 is 0. The summed E-state index contributed by atoms with van der Waals surface area (Å²) >= 11 is 0. The van der Waals surface area contributed by atoms with Gasteiger partial charge in [0.05, 0.1) is 0 Å². The fourth-order valence-electron chi connectivity index (χ4n) is 1.46. The third-order valence-electron chi connectivity index (χ3n) is 2.49. The van der Waals surface area contributed by atoms with Crippen LogP contribution in [0.1, 0.15) is 27.2 Å². The molecule has 0 radical (unpaired) electrons. The minimum absolute atomic E-state index is 0.0101. The number of aromatic nitrogens is 3. The Labute approximate surface area is 98.3 Å². The van der Waals surface area contributed by atoms with Gasteiger partial charge in [-0.3, -0.25) is 9.78 Å². The molecule has 1 unspecified atom stereocenters. The van der Waals surface area contributed by atoms with Crippen LogP contribution in [0, 0.1) is 5.41 Å². The number of aromatic amines is 2. The minimum atomic E-state index is -0.644. The lowest BCUT2D eigenvalue weighted by Gasteiger charge is -2.31. The Morgan fingerprint density at radius 3 is 2.53 bits per heavy atom. The highest BCUT2D eigenvalue weighted by Gasteiger charge is 2.25. The lowest BCUT2D eigenvalue weighted by molar-refractivity contribution is 0.235. The van der Waals surface area contributed by atoms with E-state index < -0.39 is 11.2 Å². The number of rotatable bonds is 4. The maximum atomic E-state index is 11.4. The van der Waals surface area contributed by atoms with Crippen LogP contribution in [0.4, 0.5) is 5.82 Å². The van der Waals surface area contributed by atoms with Crippen molar-refractivity contribution < 1.29 is 5.11 Å². The normalized spacial score (nSPS) is 13.4. The van der Waals surface area contributed by atoms with Crippen molar-refractivity contribution in [3.8, 4) is 0 Å². The molecular formula is C10H18N4O3. The number of nitrogens with one attached hydrogen (secondary N) is 3. The van der Waals surface area contributed by atoms with Gasteiger partial charge in [-0.15, -0.1) is 5.10 Å². The molecule has 1 aromatic rings. The Kier molecular flexibility index (Phi) is 4.06. The van der Waals surface area contributed by atoms with Gasteiger partial charge in [-0.25, -0.2) is 9.89 Å². The molecule has 4 N–H and O–H groups in total. The topological polar surface area (TPSA) is 111 Å². The van der Waals surface area contributed by atoms with Gasteiger partial charge >= 0.3 is 5.69 Å². The number of aliphatic hydroxyl groups excluding tert-OH is 1. The van der Waals surface area contributed by atoms with E-state index in [1.807, 2.05) is 20.8 Å². The summed E-state index contributed by atoms with van der Waals surface area (Å²) in [7, 11) is 0. The summed E-state index contributed by atoms with van der Waals surface area (Å²) in [4.78, 5) is 24.3. The Morgan fingerprint density at radius 1 is 1.41 bits per heavy atom. The van der Waals surface area contributed by atoms with Gasteiger partial charge in [-0.1, -0.05) is 20.8 Å². The van der Waals surface area contributed by atoms with E-state index in [2.05, 4.69) is 20.5 Å². The summed E-state index contributed by atoms with van der Waals surface area (Å²) in [6, 6.07) is -0.119. The minimum Gasteiger partial charge on any atom is -0.396 e. The average Bonchev–Trinajstić information content (AvgIpc) is 2.19. The number of hydrogen-bond donors (Lipinski definition) is 4. The number of hydrogen-bond acceptors (Lipinski definition) is 5. The number of anilines is 1. The molecule has 17 heavy (non-hydrogen) atoms. The first kappa shape index (κ1) is 13.4. The van der Waals surface area contributed by atoms with Crippen molar-refractivity contribution in [3.05, 3.63) is 20.8 Å². The van der Waals surface area contributed by atoms with Gasteiger partial charge < -0.3 is 10.4 Å². The molecule has 0 amide bonds. The molecule has 1 heterocycles. The molecule has 96 valence electrons. The van der Waals surface area contributed by atoms with Gasteiger partial charge in [0.1, 0.15) is 0 Å². The fraction of sp³-hybridized carbons (Fsp3) is 0.700. The molecule has 0 aliphatic carbocycles. The zero-order valence-corrected chi connectivity index (χ0v) is 10.2. The van der Waals surface area contributed by atoms with Crippen molar-refractivity contribution in [2.45, 2.75) is 33.2 Å².